The predicted octanol–water partition coefficient (Wildman–Crippen LogP) is 0.851. The summed E-state index contributed by atoms with van der Waals surface area (Å²) < 4.78 is 4.98. The zero-order chi connectivity index (χ0) is 16.4. The Balaban J connectivity index is 2.08. The predicted molar refractivity (Wildman–Crippen MR) is 81.6 cm³/mol. The van der Waals surface area contributed by atoms with Crippen LogP contribution in [-0.4, -0.2) is 38.8 Å². The van der Waals surface area contributed by atoms with Gasteiger partial charge < -0.3 is 15.8 Å². The van der Waals surface area contributed by atoms with Crippen LogP contribution in [0.1, 0.15) is 23.2 Å². The van der Waals surface area contributed by atoms with Gasteiger partial charge in [0.15, 0.2) is 5.69 Å². The van der Waals surface area contributed by atoms with E-state index in [2.05, 4.69) is 25.5 Å². The minimum atomic E-state index is -0.655. The summed E-state index contributed by atoms with van der Waals surface area (Å²) >= 11 is 0. The van der Waals surface area contributed by atoms with Gasteiger partial charge in [-0.25, -0.2) is 19.6 Å². The fourth-order valence-electron chi connectivity index (χ4n) is 2.22. The summed E-state index contributed by atoms with van der Waals surface area (Å²) in [5.41, 5.74) is 6.45. The monoisotopic (exact) mass is 314 g/mol. The van der Waals surface area contributed by atoms with E-state index in [0.29, 0.717) is 22.2 Å². The van der Waals surface area contributed by atoms with Crippen molar-refractivity contribution < 1.29 is 14.3 Å². The number of nitrogens with zero attached hydrogens (tertiary/aromatic N) is 3. The average molecular weight is 314 g/mol. The molecular weight excluding hydrogens is 300 g/mol. The quantitative estimate of drug-likeness (QED) is 0.611. The average Bonchev–Trinajstić information content (AvgIpc) is 2.97. The molecule has 0 atom stereocenters. The van der Waals surface area contributed by atoms with E-state index >= 15 is 0 Å². The third-order valence-corrected chi connectivity index (χ3v) is 3.23. The first-order valence-electron chi connectivity index (χ1n) is 6.93. The highest BCUT2D eigenvalue weighted by Gasteiger charge is 2.17. The van der Waals surface area contributed by atoms with Gasteiger partial charge in [0.05, 0.1) is 24.2 Å². The summed E-state index contributed by atoms with van der Waals surface area (Å²) in [4.78, 5) is 31.2. The van der Waals surface area contributed by atoms with Crippen LogP contribution >= 0.6 is 0 Å². The lowest BCUT2D eigenvalue weighted by Gasteiger charge is -2.04. The summed E-state index contributed by atoms with van der Waals surface area (Å²) in [7, 11) is 0. The van der Waals surface area contributed by atoms with Crippen LogP contribution in [0.15, 0.2) is 18.3 Å². The SMILES string of the molecule is CCOC(=O)c1n[nH]c2c1ccc1cnc(CNC(N)=O)nc12. The Kier molecular flexibility index (Phi) is 3.75. The van der Waals surface area contributed by atoms with Crippen molar-refractivity contribution in [3.63, 3.8) is 0 Å². The van der Waals surface area contributed by atoms with Gasteiger partial charge in [-0.3, -0.25) is 5.10 Å². The second-order valence-electron chi connectivity index (χ2n) is 4.72. The fraction of sp³-hybridized carbons (Fsp3) is 0.214. The molecule has 9 nitrogen and oxygen atoms in total. The lowest BCUT2D eigenvalue weighted by molar-refractivity contribution is 0.0521. The number of esters is 1. The molecule has 118 valence electrons. The topological polar surface area (TPSA) is 136 Å². The minimum Gasteiger partial charge on any atom is -0.461 e. The molecule has 1 aromatic carbocycles. The molecule has 0 aliphatic heterocycles. The number of benzene rings is 1. The Morgan fingerprint density at radius 2 is 2.22 bits per heavy atom. The second kappa shape index (κ2) is 5.87. The molecule has 0 aliphatic carbocycles. The van der Waals surface area contributed by atoms with Gasteiger partial charge in [-0.05, 0) is 13.0 Å². The molecule has 0 saturated carbocycles. The van der Waals surface area contributed by atoms with Crippen molar-refractivity contribution in [2.45, 2.75) is 13.5 Å². The van der Waals surface area contributed by atoms with Gasteiger partial charge in [0, 0.05) is 17.0 Å². The van der Waals surface area contributed by atoms with E-state index in [1.807, 2.05) is 0 Å². The number of carbonyl (C=O) groups excluding carboxylic acids is 2. The number of hydrogen-bond acceptors (Lipinski definition) is 6. The number of H-pyrrole nitrogens is 1. The normalized spacial score (nSPS) is 10.8. The third-order valence-electron chi connectivity index (χ3n) is 3.23. The number of urea groups is 1. The molecule has 2 amide bonds. The molecule has 23 heavy (non-hydrogen) atoms. The maximum absolute atomic E-state index is 11.9. The number of amides is 2. The maximum Gasteiger partial charge on any atom is 0.359 e. The van der Waals surface area contributed by atoms with Crippen LogP contribution in [0.5, 0.6) is 0 Å². The number of ether oxygens (including phenoxy) is 1. The number of rotatable bonds is 4. The number of fused-ring (bicyclic) bond motifs is 3. The highest BCUT2D eigenvalue weighted by Crippen LogP contribution is 2.24. The van der Waals surface area contributed by atoms with Gasteiger partial charge in [0.25, 0.3) is 0 Å². The van der Waals surface area contributed by atoms with Crippen molar-refractivity contribution in [2.24, 2.45) is 5.73 Å². The van der Waals surface area contributed by atoms with Crippen LogP contribution in [0.2, 0.25) is 0 Å². The van der Waals surface area contributed by atoms with Crippen LogP contribution in [0, 0.1) is 0 Å². The Morgan fingerprint density at radius 1 is 1.39 bits per heavy atom. The molecule has 0 aliphatic rings. The zero-order valence-electron chi connectivity index (χ0n) is 12.3. The molecule has 3 aromatic rings. The molecule has 9 heteroatoms. The summed E-state index contributed by atoms with van der Waals surface area (Å²) in [5, 5.41) is 10.6. The number of carbonyl (C=O) groups is 2. The van der Waals surface area contributed by atoms with Gasteiger partial charge in [-0.2, -0.15) is 5.10 Å². The maximum atomic E-state index is 11.9. The number of nitrogens with two attached hydrogens (primary N) is 1. The summed E-state index contributed by atoms with van der Waals surface area (Å²) in [5.74, 6) is -0.0983. The van der Waals surface area contributed by atoms with Gasteiger partial charge in [-0.15, -0.1) is 0 Å². The summed E-state index contributed by atoms with van der Waals surface area (Å²) in [6.07, 6.45) is 1.63. The molecule has 0 fully saturated rings. The first-order valence-corrected chi connectivity index (χ1v) is 6.93. The van der Waals surface area contributed by atoms with Crippen molar-refractivity contribution in [2.75, 3.05) is 6.61 Å². The van der Waals surface area contributed by atoms with E-state index in [-0.39, 0.29) is 18.8 Å². The number of hydrogen-bond donors (Lipinski definition) is 3. The Labute approximate surface area is 130 Å². The molecule has 4 N–H and O–H groups in total. The van der Waals surface area contributed by atoms with Crippen LogP contribution < -0.4 is 11.1 Å². The highest BCUT2D eigenvalue weighted by atomic mass is 16.5. The first-order chi connectivity index (χ1) is 11.1. The fourth-order valence-corrected chi connectivity index (χ4v) is 2.22. The lowest BCUT2D eigenvalue weighted by atomic mass is 10.1. The Hall–Kier alpha value is -3.23. The lowest BCUT2D eigenvalue weighted by Crippen LogP contribution is -2.29. The summed E-state index contributed by atoms with van der Waals surface area (Å²) in [6.45, 7) is 2.11. The third kappa shape index (κ3) is 2.76. The van der Waals surface area contributed by atoms with Crippen molar-refractivity contribution >= 4 is 33.8 Å². The van der Waals surface area contributed by atoms with E-state index in [1.165, 1.54) is 0 Å². The number of aromatic amines is 1. The number of primary amides is 1. The Bertz CT molecular complexity index is 904. The second-order valence-corrected chi connectivity index (χ2v) is 4.72. The van der Waals surface area contributed by atoms with E-state index in [4.69, 9.17) is 10.5 Å². The van der Waals surface area contributed by atoms with Crippen molar-refractivity contribution in [3.05, 3.63) is 29.8 Å². The highest BCUT2D eigenvalue weighted by molar-refractivity contribution is 6.10. The molecule has 0 spiro atoms. The van der Waals surface area contributed by atoms with Crippen LogP contribution in [0.4, 0.5) is 4.79 Å². The van der Waals surface area contributed by atoms with Gasteiger partial charge >= 0.3 is 12.0 Å². The largest absolute Gasteiger partial charge is 0.461 e. The molecule has 2 aromatic heterocycles. The molecule has 0 radical (unpaired) electrons. The molecule has 0 unspecified atom stereocenters. The van der Waals surface area contributed by atoms with Crippen LogP contribution in [-0.2, 0) is 11.3 Å². The number of aromatic nitrogens is 4. The van der Waals surface area contributed by atoms with Gasteiger partial charge in [0.1, 0.15) is 5.82 Å². The smallest absolute Gasteiger partial charge is 0.359 e. The molecule has 0 bridgehead atoms. The van der Waals surface area contributed by atoms with Crippen molar-refractivity contribution in [1.29, 1.82) is 0 Å². The number of nitrogens with one attached hydrogen (secondary N) is 2. The Morgan fingerprint density at radius 3 is 2.96 bits per heavy atom. The van der Waals surface area contributed by atoms with E-state index in [0.717, 1.165) is 5.39 Å². The molecule has 0 saturated heterocycles. The van der Waals surface area contributed by atoms with E-state index in [9.17, 15) is 9.59 Å². The van der Waals surface area contributed by atoms with Crippen molar-refractivity contribution in [1.82, 2.24) is 25.5 Å². The molecule has 3 rings (SSSR count). The summed E-state index contributed by atoms with van der Waals surface area (Å²) in [6, 6.07) is 2.90. The standard InChI is InChI=1S/C14H14N6O3/c1-2-23-13(21)12-8-4-3-7-5-16-9(6-17-14(15)22)18-10(7)11(8)19-20-12/h3-5H,2,6H2,1H3,(H,19,20)(H3,15,17,22). The van der Waals surface area contributed by atoms with Crippen LogP contribution in [0.3, 0.4) is 0 Å². The van der Waals surface area contributed by atoms with Gasteiger partial charge in [-0.1, -0.05) is 6.07 Å². The van der Waals surface area contributed by atoms with E-state index < -0.39 is 12.0 Å². The van der Waals surface area contributed by atoms with E-state index in [1.54, 1.807) is 25.3 Å². The zero-order valence-corrected chi connectivity index (χ0v) is 12.3. The van der Waals surface area contributed by atoms with Crippen LogP contribution in [0.25, 0.3) is 21.8 Å². The van der Waals surface area contributed by atoms with Gasteiger partial charge in [0.2, 0.25) is 0 Å². The first kappa shape index (κ1) is 14.7. The minimum absolute atomic E-state index is 0.112. The van der Waals surface area contributed by atoms with Crippen molar-refractivity contribution in [3.8, 4) is 0 Å². The molecule has 2 heterocycles. The molecular formula is C14H14N6O3.